The summed E-state index contributed by atoms with van der Waals surface area (Å²) in [5, 5.41) is 3.72. The van der Waals surface area contributed by atoms with Gasteiger partial charge in [-0.2, -0.15) is 0 Å². The molecule has 0 spiro atoms. The summed E-state index contributed by atoms with van der Waals surface area (Å²) in [5.41, 5.74) is 0.679. The largest absolute Gasteiger partial charge is 0.383 e. The van der Waals surface area contributed by atoms with Crippen molar-refractivity contribution in [2.24, 2.45) is 23.2 Å². The Labute approximate surface area is 118 Å². The van der Waals surface area contributed by atoms with Crippen LogP contribution in [-0.2, 0) is 4.74 Å². The zero-order valence-corrected chi connectivity index (χ0v) is 12.8. The minimum absolute atomic E-state index is 0.584. The van der Waals surface area contributed by atoms with Crippen LogP contribution in [0.25, 0.3) is 0 Å². The van der Waals surface area contributed by atoms with Crippen LogP contribution in [0.15, 0.2) is 0 Å². The van der Waals surface area contributed by atoms with E-state index in [1.54, 1.807) is 19.3 Å². The van der Waals surface area contributed by atoms with Gasteiger partial charge in [0.2, 0.25) is 0 Å². The lowest BCUT2D eigenvalue weighted by Gasteiger charge is -2.57. The second-order valence-electron chi connectivity index (χ2n) is 7.73. The van der Waals surface area contributed by atoms with Crippen LogP contribution < -0.4 is 5.32 Å². The predicted octanol–water partition coefficient (Wildman–Crippen LogP) is 3.61. The van der Waals surface area contributed by atoms with Crippen molar-refractivity contribution in [1.82, 2.24) is 5.32 Å². The lowest BCUT2D eigenvalue weighted by Crippen LogP contribution is -2.49. The van der Waals surface area contributed by atoms with Gasteiger partial charge in [0.25, 0.3) is 0 Å². The summed E-state index contributed by atoms with van der Waals surface area (Å²) in [5.74, 6) is 3.21. The molecule has 2 nitrogen and oxygen atoms in total. The molecule has 110 valence electrons. The number of rotatable bonds is 7. The van der Waals surface area contributed by atoms with Gasteiger partial charge in [-0.3, -0.25) is 0 Å². The fraction of sp³-hybridized carbons (Fsp3) is 1.00. The van der Waals surface area contributed by atoms with E-state index in [2.05, 4.69) is 12.2 Å². The summed E-state index contributed by atoms with van der Waals surface area (Å²) in [6.07, 6.45) is 11.8. The van der Waals surface area contributed by atoms with E-state index in [9.17, 15) is 0 Å². The SMILES string of the molecule is CCCNC(COC)CC12CC3CC(CC(C3)C1)C2. The highest BCUT2D eigenvalue weighted by Crippen LogP contribution is 2.61. The Morgan fingerprint density at radius 1 is 1.11 bits per heavy atom. The molecule has 4 fully saturated rings. The van der Waals surface area contributed by atoms with E-state index in [-0.39, 0.29) is 0 Å². The van der Waals surface area contributed by atoms with Gasteiger partial charge in [-0.15, -0.1) is 0 Å². The van der Waals surface area contributed by atoms with E-state index in [1.807, 2.05) is 7.11 Å². The number of nitrogens with one attached hydrogen (secondary N) is 1. The second kappa shape index (κ2) is 5.73. The van der Waals surface area contributed by atoms with E-state index < -0.39 is 0 Å². The highest BCUT2D eigenvalue weighted by molar-refractivity contribution is 5.02. The lowest BCUT2D eigenvalue weighted by molar-refractivity contribution is -0.0653. The number of hydrogen-bond acceptors (Lipinski definition) is 2. The molecule has 0 aromatic rings. The maximum absolute atomic E-state index is 5.45. The molecule has 0 aromatic heterocycles. The average Bonchev–Trinajstić information content (AvgIpc) is 2.34. The van der Waals surface area contributed by atoms with Crippen molar-refractivity contribution in [2.45, 2.75) is 64.3 Å². The van der Waals surface area contributed by atoms with Crippen LogP contribution in [0.5, 0.6) is 0 Å². The van der Waals surface area contributed by atoms with Crippen LogP contribution in [0.3, 0.4) is 0 Å². The maximum atomic E-state index is 5.45. The highest BCUT2D eigenvalue weighted by atomic mass is 16.5. The molecule has 4 aliphatic rings. The molecule has 2 heteroatoms. The average molecular weight is 265 g/mol. The van der Waals surface area contributed by atoms with Crippen LogP contribution >= 0.6 is 0 Å². The molecule has 0 saturated heterocycles. The molecule has 1 N–H and O–H groups in total. The van der Waals surface area contributed by atoms with Gasteiger partial charge in [0.15, 0.2) is 0 Å². The van der Waals surface area contributed by atoms with E-state index in [0.29, 0.717) is 11.5 Å². The van der Waals surface area contributed by atoms with E-state index >= 15 is 0 Å². The quantitative estimate of drug-likeness (QED) is 0.759. The van der Waals surface area contributed by atoms with Crippen LogP contribution in [0.2, 0.25) is 0 Å². The van der Waals surface area contributed by atoms with Gasteiger partial charge >= 0.3 is 0 Å². The Kier molecular flexibility index (Phi) is 4.19. The standard InChI is InChI=1S/C17H31NO/c1-3-4-18-16(12-19-2)11-17-8-13-5-14(9-17)7-15(6-13)10-17/h13-16,18H,3-12H2,1-2H3. The van der Waals surface area contributed by atoms with Crippen molar-refractivity contribution >= 4 is 0 Å². The summed E-state index contributed by atoms with van der Waals surface area (Å²) >= 11 is 0. The second-order valence-corrected chi connectivity index (χ2v) is 7.73. The third-order valence-corrected chi connectivity index (χ3v) is 5.90. The molecular weight excluding hydrogens is 234 g/mol. The molecule has 4 aliphatic carbocycles. The molecule has 0 aliphatic heterocycles. The van der Waals surface area contributed by atoms with Gasteiger partial charge in [0.1, 0.15) is 0 Å². The summed E-state index contributed by atoms with van der Waals surface area (Å²) in [6, 6.07) is 0.584. The fourth-order valence-electron chi connectivity index (χ4n) is 5.80. The minimum atomic E-state index is 0.584. The van der Waals surface area contributed by atoms with Gasteiger partial charge in [-0.25, -0.2) is 0 Å². The summed E-state index contributed by atoms with van der Waals surface area (Å²) in [4.78, 5) is 0. The number of methoxy groups -OCH3 is 1. The topological polar surface area (TPSA) is 21.3 Å². The molecule has 19 heavy (non-hydrogen) atoms. The predicted molar refractivity (Wildman–Crippen MR) is 79.2 cm³/mol. The maximum Gasteiger partial charge on any atom is 0.0616 e. The van der Waals surface area contributed by atoms with Gasteiger partial charge in [-0.1, -0.05) is 6.92 Å². The summed E-state index contributed by atoms with van der Waals surface area (Å²) < 4.78 is 5.45. The first-order valence-electron chi connectivity index (χ1n) is 8.45. The van der Waals surface area contributed by atoms with E-state index in [0.717, 1.165) is 30.9 Å². The Hall–Kier alpha value is -0.0800. The summed E-state index contributed by atoms with van der Waals surface area (Å²) in [7, 11) is 1.85. The van der Waals surface area contributed by atoms with Crippen LogP contribution in [0, 0.1) is 23.2 Å². The number of ether oxygens (including phenoxy) is 1. The third-order valence-electron chi connectivity index (χ3n) is 5.90. The zero-order chi connectivity index (χ0) is 13.3. The van der Waals surface area contributed by atoms with Crippen LogP contribution in [0.4, 0.5) is 0 Å². The molecule has 0 aromatic carbocycles. The van der Waals surface area contributed by atoms with Crippen molar-refractivity contribution in [1.29, 1.82) is 0 Å². The van der Waals surface area contributed by atoms with E-state index in [4.69, 9.17) is 4.74 Å². The first kappa shape index (κ1) is 13.9. The van der Waals surface area contributed by atoms with Crippen molar-refractivity contribution in [2.75, 3.05) is 20.3 Å². The molecule has 1 unspecified atom stereocenters. The van der Waals surface area contributed by atoms with Crippen molar-refractivity contribution in [3.05, 3.63) is 0 Å². The normalized spacial score (nSPS) is 41.7. The summed E-state index contributed by atoms with van der Waals surface area (Å²) in [6.45, 7) is 4.28. The van der Waals surface area contributed by atoms with Crippen LogP contribution in [-0.4, -0.2) is 26.3 Å². The third kappa shape index (κ3) is 3.00. The fourth-order valence-corrected chi connectivity index (χ4v) is 5.80. The molecule has 0 radical (unpaired) electrons. The van der Waals surface area contributed by atoms with Gasteiger partial charge in [0.05, 0.1) is 6.61 Å². The molecular formula is C17H31NO. The van der Waals surface area contributed by atoms with Crippen LogP contribution in [0.1, 0.15) is 58.3 Å². The van der Waals surface area contributed by atoms with Crippen molar-refractivity contribution in [3.8, 4) is 0 Å². The molecule has 4 rings (SSSR count). The Morgan fingerprint density at radius 2 is 1.68 bits per heavy atom. The highest BCUT2D eigenvalue weighted by Gasteiger charge is 2.51. The van der Waals surface area contributed by atoms with Crippen molar-refractivity contribution < 1.29 is 4.74 Å². The monoisotopic (exact) mass is 265 g/mol. The first-order valence-corrected chi connectivity index (χ1v) is 8.45. The van der Waals surface area contributed by atoms with Gasteiger partial charge in [0, 0.05) is 13.2 Å². The van der Waals surface area contributed by atoms with E-state index in [1.165, 1.54) is 32.1 Å². The Morgan fingerprint density at radius 3 is 2.16 bits per heavy atom. The zero-order valence-electron chi connectivity index (χ0n) is 12.8. The molecule has 4 saturated carbocycles. The molecule has 0 heterocycles. The van der Waals surface area contributed by atoms with Gasteiger partial charge in [-0.05, 0) is 81.1 Å². The van der Waals surface area contributed by atoms with Gasteiger partial charge < -0.3 is 10.1 Å². The minimum Gasteiger partial charge on any atom is -0.383 e. The smallest absolute Gasteiger partial charge is 0.0616 e. The molecule has 1 atom stereocenters. The first-order chi connectivity index (χ1) is 9.23. The molecule has 0 amide bonds. The Bertz CT molecular complexity index is 266. The molecule has 4 bridgehead atoms. The number of hydrogen-bond donors (Lipinski definition) is 1. The Balaban J connectivity index is 1.63. The lowest BCUT2D eigenvalue weighted by atomic mass is 9.48. The van der Waals surface area contributed by atoms with Crippen molar-refractivity contribution in [3.63, 3.8) is 0 Å².